The zero-order chi connectivity index (χ0) is 23.9. The minimum atomic E-state index is -3.86. The molecule has 1 fully saturated rings. The minimum Gasteiger partial charge on any atom is -0.422 e. The normalized spacial score (nSPS) is 16.7. The average molecular weight is 516 g/mol. The third kappa shape index (κ3) is 4.25. The van der Waals surface area contributed by atoms with Gasteiger partial charge in [-0.15, -0.1) is 11.3 Å². The fraction of sp³-hybridized carbons (Fsp3) is 0.174. The van der Waals surface area contributed by atoms with Gasteiger partial charge in [0.25, 0.3) is 0 Å². The Morgan fingerprint density at radius 1 is 1.18 bits per heavy atom. The lowest BCUT2D eigenvalue weighted by atomic mass is 10.1. The summed E-state index contributed by atoms with van der Waals surface area (Å²) >= 11 is 7.02. The Balaban J connectivity index is 1.36. The standard InChI is InChI=1S/C23H18ClN3O5S2/c24-15-7-9-16(10-8-15)34(30,31)27-11-3-5-19(27)21(28)26-23-25-18(13-33-23)17-12-14-4-1-2-6-20(14)32-22(17)29/h1-2,4,6-10,12-13,19H,3,5,11H2,(H,25,26,28). The van der Waals surface area contributed by atoms with Crippen LogP contribution in [0.2, 0.25) is 5.02 Å². The van der Waals surface area contributed by atoms with Crippen molar-refractivity contribution in [2.24, 2.45) is 0 Å². The molecule has 1 unspecified atom stereocenters. The van der Waals surface area contributed by atoms with Crippen molar-refractivity contribution in [2.45, 2.75) is 23.8 Å². The van der Waals surface area contributed by atoms with E-state index in [-0.39, 0.29) is 22.1 Å². The number of rotatable bonds is 5. The Morgan fingerprint density at radius 2 is 1.94 bits per heavy atom. The molecular formula is C23H18ClN3O5S2. The van der Waals surface area contributed by atoms with Crippen LogP contribution in [0.5, 0.6) is 0 Å². The monoisotopic (exact) mass is 515 g/mol. The Kier molecular flexibility index (Phi) is 5.98. The van der Waals surface area contributed by atoms with Gasteiger partial charge in [-0.1, -0.05) is 29.8 Å². The molecule has 11 heteroatoms. The fourth-order valence-corrected chi connectivity index (χ4v) is 6.41. The highest BCUT2D eigenvalue weighted by Gasteiger charge is 2.39. The first-order valence-corrected chi connectivity index (χ1v) is 13.1. The Bertz CT molecular complexity index is 1550. The van der Waals surface area contributed by atoms with E-state index < -0.39 is 27.6 Å². The summed E-state index contributed by atoms with van der Waals surface area (Å²) in [6.45, 7) is 0.240. The molecule has 1 amide bonds. The van der Waals surface area contributed by atoms with Gasteiger partial charge in [0, 0.05) is 22.3 Å². The van der Waals surface area contributed by atoms with E-state index >= 15 is 0 Å². The van der Waals surface area contributed by atoms with Gasteiger partial charge in [0.05, 0.1) is 16.2 Å². The first-order chi connectivity index (χ1) is 16.3. The second kappa shape index (κ2) is 8.95. The number of halogens is 1. The van der Waals surface area contributed by atoms with E-state index in [2.05, 4.69) is 10.3 Å². The third-order valence-corrected chi connectivity index (χ3v) is 8.51. The topological polar surface area (TPSA) is 110 Å². The molecule has 0 saturated carbocycles. The predicted molar refractivity (Wildman–Crippen MR) is 131 cm³/mol. The predicted octanol–water partition coefficient (Wildman–Crippen LogP) is 4.36. The summed E-state index contributed by atoms with van der Waals surface area (Å²) in [7, 11) is -3.86. The summed E-state index contributed by atoms with van der Waals surface area (Å²) in [4.78, 5) is 29.8. The second-order valence-electron chi connectivity index (χ2n) is 7.74. The van der Waals surface area contributed by atoms with Crippen LogP contribution in [0, 0.1) is 0 Å². The highest BCUT2D eigenvalue weighted by atomic mass is 35.5. The summed E-state index contributed by atoms with van der Waals surface area (Å²) in [6, 6.07) is 13.8. The lowest BCUT2D eigenvalue weighted by Gasteiger charge is -2.23. The van der Waals surface area contributed by atoms with Crippen molar-refractivity contribution in [2.75, 3.05) is 11.9 Å². The number of hydrogen-bond acceptors (Lipinski definition) is 7. The molecule has 1 N–H and O–H groups in total. The van der Waals surface area contributed by atoms with Gasteiger partial charge in [-0.25, -0.2) is 18.2 Å². The smallest absolute Gasteiger partial charge is 0.345 e. The molecule has 1 atom stereocenters. The number of nitrogens with one attached hydrogen (secondary N) is 1. The minimum absolute atomic E-state index is 0.0798. The van der Waals surface area contributed by atoms with Gasteiger partial charge in [0.15, 0.2) is 5.13 Å². The molecule has 2 aromatic heterocycles. The molecule has 2 aromatic carbocycles. The fourth-order valence-electron chi connectivity index (χ4n) is 3.92. The summed E-state index contributed by atoms with van der Waals surface area (Å²) in [5.74, 6) is -0.471. The van der Waals surface area contributed by atoms with Gasteiger partial charge in [0.2, 0.25) is 15.9 Å². The number of thiazole rings is 1. The van der Waals surface area contributed by atoms with Crippen LogP contribution in [0.15, 0.2) is 74.1 Å². The molecule has 4 aromatic rings. The van der Waals surface area contributed by atoms with Crippen LogP contribution in [-0.4, -0.2) is 36.2 Å². The van der Waals surface area contributed by atoms with E-state index in [0.29, 0.717) is 29.1 Å². The number of carbonyl (C=O) groups excluding carboxylic acids is 1. The Morgan fingerprint density at radius 3 is 2.74 bits per heavy atom. The third-order valence-electron chi connectivity index (χ3n) is 5.58. The summed E-state index contributed by atoms with van der Waals surface area (Å²) in [5, 5.41) is 5.80. The van der Waals surface area contributed by atoms with E-state index in [1.54, 1.807) is 23.6 Å². The second-order valence-corrected chi connectivity index (χ2v) is 10.9. The first-order valence-electron chi connectivity index (χ1n) is 10.4. The lowest BCUT2D eigenvalue weighted by molar-refractivity contribution is -0.119. The van der Waals surface area contributed by atoms with Gasteiger partial charge >= 0.3 is 5.63 Å². The maximum Gasteiger partial charge on any atom is 0.345 e. The van der Waals surface area contributed by atoms with E-state index in [1.807, 2.05) is 12.1 Å². The van der Waals surface area contributed by atoms with Crippen molar-refractivity contribution < 1.29 is 17.6 Å². The van der Waals surface area contributed by atoms with E-state index in [1.165, 1.54) is 28.6 Å². The van der Waals surface area contributed by atoms with Crippen LogP contribution < -0.4 is 10.9 Å². The van der Waals surface area contributed by atoms with Gasteiger partial charge in [-0.05, 0) is 49.2 Å². The number of benzene rings is 2. The van der Waals surface area contributed by atoms with Gasteiger partial charge in [0.1, 0.15) is 11.6 Å². The maximum atomic E-state index is 13.1. The Labute approximate surface area is 203 Å². The molecule has 0 radical (unpaired) electrons. The highest BCUT2D eigenvalue weighted by molar-refractivity contribution is 7.89. The van der Waals surface area contributed by atoms with E-state index in [9.17, 15) is 18.0 Å². The summed E-state index contributed by atoms with van der Waals surface area (Å²) in [5.41, 5.74) is 0.598. The van der Waals surface area contributed by atoms with Gasteiger partial charge in [-0.3, -0.25) is 4.79 Å². The molecule has 8 nitrogen and oxygen atoms in total. The SMILES string of the molecule is O=C(Nc1nc(-c2cc3ccccc3oc2=O)cs1)C1CCCN1S(=O)(=O)c1ccc(Cl)cc1. The number of sulfonamides is 1. The number of carbonyl (C=O) groups is 1. The number of hydrogen-bond donors (Lipinski definition) is 1. The van der Waals surface area contributed by atoms with Crippen LogP contribution in [0.1, 0.15) is 12.8 Å². The number of para-hydroxylation sites is 1. The number of fused-ring (bicyclic) bond motifs is 1. The lowest BCUT2D eigenvalue weighted by Crippen LogP contribution is -2.43. The molecule has 1 aliphatic rings. The zero-order valence-electron chi connectivity index (χ0n) is 17.6. The summed E-state index contributed by atoms with van der Waals surface area (Å²) < 4.78 is 32.7. The largest absolute Gasteiger partial charge is 0.422 e. The van der Waals surface area contributed by atoms with Crippen molar-refractivity contribution in [1.82, 2.24) is 9.29 Å². The maximum absolute atomic E-state index is 13.1. The molecule has 0 aliphatic carbocycles. The molecule has 174 valence electrons. The molecule has 1 aliphatic heterocycles. The van der Waals surface area contributed by atoms with Crippen LogP contribution in [0.4, 0.5) is 5.13 Å². The van der Waals surface area contributed by atoms with Crippen LogP contribution in [0.3, 0.4) is 0 Å². The van der Waals surface area contributed by atoms with Crippen molar-refractivity contribution in [1.29, 1.82) is 0 Å². The van der Waals surface area contributed by atoms with Crippen LogP contribution in [0.25, 0.3) is 22.2 Å². The first kappa shape index (κ1) is 22.7. The summed E-state index contributed by atoms with van der Waals surface area (Å²) in [6.07, 6.45) is 0.956. The highest BCUT2D eigenvalue weighted by Crippen LogP contribution is 2.29. The molecule has 0 bridgehead atoms. The molecule has 3 heterocycles. The van der Waals surface area contributed by atoms with E-state index in [0.717, 1.165) is 16.7 Å². The number of nitrogens with zero attached hydrogens (tertiary/aromatic N) is 2. The average Bonchev–Trinajstić information content (AvgIpc) is 3.49. The van der Waals surface area contributed by atoms with Crippen molar-refractivity contribution in [3.63, 3.8) is 0 Å². The number of aromatic nitrogens is 1. The Hall–Kier alpha value is -3.05. The molecule has 0 spiro atoms. The molecule has 5 rings (SSSR count). The van der Waals surface area contributed by atoms with Gasteiger partial charge < -0.3 is 9.73 Å². The molecular weight excluding hydrogens is 498 g/mol. The van der Waals surface area contributed by atoms with Crippen LogP contribution in [-0.2, 0) is 14.8 Å². The zero-order valence-corrected chi connectivity index (χ0v) is 20.0. The van der Waals surface area contributed by atoms with E-state index in [4.69, 9.17) is 16.0 Å². The molecule has 1 saturated heterocycles. The van der Waals surface area contributed by atoms with Gasteiger partial charge in [-0.2, -0.15) is 4.31 Å². The van der Waals surface area contributed by atoms with Crippen LogP contribution >= 0.6 is 22.9 Å². The quantitative estimate of drug-likeness (QED) is 0.395. The number of anilines is 1. The van der Waals surface area contributed by atoms with Crippen molar-refractivity contribution in [3.05, 3.63) is 75.4 Å². The van der Waals surface area contributed by atoms with Crippen molar-refractivity contribution in [3.8, 4) is 11.3 Å². The number of amides is 1. The van der Waals surface area contributed by atoms with Crippen molar-refractivity contribution >= 4 is 55.0 Å². The molecule has 34 heavy (non-hydrogen) atoms.